The summed E-state index contributed by atoms with van der Waals surface area (Å²) >= 11 is 5.58. The van der Waals surface area contributed by atoms with Crippen molar-refractivity contribution in [3.63, 3.8) is 0 Å². The van der Waals surface area contributed by atoms with Crippen molar-refractivity contribution in [2.75, 3.05) is 0 Å². The lowest BCUT2D eigenvalue weighted by atomic mass is 9.95. The van der Waals surface area contributed by atoms with Crippen molar-refractivity contribution in [3.8, 4) is 0 Å². The fourth-order valence-corrected chi connectivity index (χ4v) is 4.65. The minimum absolute atomic E-state index is 0.456. The van der Waals surface area contributed by atoms with Crippen LogP contribution in [0.1, 0.15) is 24.8 Å². The number of rotatable bonds is 2. The van der Waals surface area contributed by atoms with Gasteiger partial charge in [0.2, 0.25) is 0 Å². The maximum absolute atomic E-state index is 4.72. The van der Waals surface area contributed by atoms with Gasteiger partial charge in [0.15, 0.2) is 5.17 Å². The van der Waals surface area contributed by atoms with E-state index < -0.39 is 0 Å². The lowest BCUT2D eigenvalue weighted by Gasteiger charge is -2.27. The summed E-state index contributed by atoms with van der Waals surface area (Å²) in [6.07, 6.45) is 5.55. The number of hydrogen-bond donors (Lipinski definition) is 1. The molecular formula is C14H16BrN3S. The molecule has 0 amide bonds. The van der Waals surface area contributed by atoms with Crippen molar-refractivity contribution in [1.29, 1.82) is 0 Å². The monoisotopic (exact) mass is 337 g/mol. The highest BCUT2D eigenvalue weighted by molar-refractivity contribution is 9.09. The van der Waals surface area contributed by atoms with Gasteiger partial charge in [-0.25, -0.2) is 0 Å². The lowest BCUT2D eigenvalue weighted by molar-refractivity contribution is 0.475. The van der Waals surface area contributed by atoms with Crippen LogP contribution in [0.15, 0.2) is 40.4 Å². The Morgan fingerprint density at radius 2 is 2.16 bits per heavy atom. The number of alkyl halides is 1. The van der Waals surface area contributed by atoms with Crippen LogP contribution in [-0.2, 0) is 0 Å². The first-order valence-electron chi connectivity index (χ1n) is 6.55. The maximum atomic E-state index is 4.72. The number of hydrogen-bond acceptors (Lipinski definition) is 4. The van der Waals surface area contributed by atoms with Gasteiger partial charge >= 0.3 is 0 Å². The zero-order valence-corrected chi connectivity index (χ0v) is 12.9. The van der Waals surface area contributed by atoms with Gasteiger partial charge in [-0.3, -0.25) is 10.4 Å². The highest BCUT2D eigenvalue weighted by Crippen LogP contribution is 2.39. The van der Waals surface area contributed by atoms with Crippen LogP contribution in [-0.4, -0.2) is 27.5 Å². The predicted molar refractivity (Wildman–Crippen MR) is 86.3 cm³/mol. The minimum Gasteiger partial charge on any atom is -0.257 e. The number of fused-ring (bicyclic) bond motifs is 1. The molecule has 0 radical (unpaired) electrons. The normalized spacial score (nSPS) is 30.2. The van der Waals surface area contributed by atoms with E-state index in [0.29, 0.717) is 16.1 Å². The van der Waals surface area contributed by atoms with Crippen molar-refractivity contribution in [2.45, 2.75) is 35.4 Å². The average Bonchev–Trinajstić information content (AvgIpc) is 2.84. The molecule has 0 spiro atoms. The molecule has 1 aliphatic carbocycles. The summed E-state index contributed by atoms with van der Waals surface area (Å²) in [6.45, 7) is 0. The predicted octanol–water partition coefficient (Wildman–Crippen LogP) is 3.40. The first kappa shape index (κ1) is 13.2. The Hall–Kier alpha value is -0.810. The molecule has 3 unspecified atom stereocenters. The van der Waals surface area contributed by atoms with Gasteiger partial charge in [0.25, 0.3) is 0 Å². The molecule has 1 fully saturated rings. The molecule has 19 heavy (non-hydrogen) atoms. The molecule has 0 bridgehead atoms. The zero-order valence-electron chi connectivity index (χ0n) is 10.5. The highest BCUT2D eigenvalue weighted by atomic mass is 79.9. The number of hydrazone groups is 1. The molecule has 3 atom stereocenters. The van der Waals surface area contributed by atoms with Crippen molar-refractivity contribution in [3.05, 3.63) is 35.9 Å². The Kier molecular flexibility index (Phi) is 4.23. The Morgan fingerprint density at radius 1 is 1.32 bits per heavy atom. The van der Waals surface area contributed by atoms with Crippen LogP contribution in [0.5, 0.6) is 0 Å². The molecule has 100 valence electrons. The van der Waals surface area contributed by atoms with E-state index in [2.05, 4.69) is 26.5 Å². The quantitative estimate of drug-likeness (QED) is 0.510. The molecule has 2 aliphatic rings. The molecule has 1 aromatic rings. The Balaban J connectivity index is 1.58. The molecule has 3 rings (SSSR count). The van der Waals surface area contributed by atoms with Crippen molar-refractivity contribution in [1.82, 2.24) is 5.43 Å². The zero-order chi connectivity index (χ0) is 13.1. The van der Waals surface area contributed by atoms with Crippen LogP contribution in [0, 0.1) is 0 Å². The third-order valence-electron chi connectivity index (χ3n) is 3.42. The Morgan fingerprint density at radius 3 is 2.95 bits per heavy atom. The standard InChI is InChI=1S/C14H16BrN3S/c15-11-7-4-8-12-13(11)19-14(17-12)18-16-9-10-5-2-1-3-6-10/h1-3,5-6,9,11-13H,4,7-8H2,(H,17,18). The number of nitrogens with one attached hydrogen (secondary N) is 1. The van der Waals surface area contributed by atoms with Crippen LogP contribution in [0.3, 0.4) is 0 Å². The molecule has 0 aromatic heterocycles. The van der Waals surface area contributed by atoms with E-state index in [1.807, 2.05) is 48.3 Å². The first-order chi connectivity index (χ1) is 9.33. The fourth-order valence-electron chi connectivity index (χ4n) is 2.45. The number of halogens is 1. The lowest BCUT2D eigenvalue weighted by Crippen LogP contribution is -2.31. The number of amidine groups is 1. The van der Waals surface area contributed by atoms with Crippen LogP contribution in [0.25, 0.3) is 0 Å². The van der Waals surface area contributed by atoms with E-state index >= 15 is 0 Å². The van der Waals surface area contributed by atoms with Gasteiger partial charge in [0, 0.05) is 10.1 Å². The highest BCUT2D eigenvalue weighted by Gasteiger charge is 2.37. The largest absolute Gasteiger partial charge is 0.257 e. The van der Waals surface area contributed by atoms with Crippen molar-refractivity contribution < 1.29 is 0 Å². The summed E-state index contributed by atoms with van der Waals surface area (Å²) < 4.78 is 0. The Labute approximate surface area is 126 Å². The topological polar surface area (TPSA) is 36.8 Å². The molecule has 1 N–H and O–H groups in total. The number of nitrogens with zero attached hydrogens (tertiary/aromatic N) is 2. The number of benzene rings is 1. The van der Waals surface area contributed by atoms with Crippen LogP contribution in [0.2, 0.25) is 0 Å². The van der Waals surface area contributed by atoms with Gasteiger partial charge in [0.05, 0.1) is 12.3 Å². The summed E-state index contributed by atoms with van der Waals surface area (Å²) in [5, 5.41) is 5.79. The average molecular weight is 338 g/mol. The molecular weight excluding hydrogens is 322 g/mol. The van der Waals surface area contributed by atoms with E-state index in [0.717, 1.165) is 10.7 Å². The van der Waals surface area contributed by atoms with E-state index in [1.165, 1.54) is 19.3 Å². The van der Waals surface area contributed by atoms with Gasteiger partial charge in [-0.05, 0) is 18.4 Å². The molecule has 5 heteroatoms. The second kappa shape index (κ2) is 6.09. The molecule has 1 saturated carbocycles. The van der Waals surface area contributed by atoms with Crippen LogP contribution in [0.4, 0.5) is 0 Å². The second-order valence-electron chi connectivity index (χ2n) is 4.81. The van der Waals surface area contributed by atoms with Gasteiger partial charge in [-0.1, -0.05) is 64.4 Å². The molecule has 1 aliphatic heterocycles. The van der Waals surface area contributed by atoms with E-state index in [4.69, 9.17) is 4.99 Å². The van der Waals surface area contributed by atoms with Gasteiger partial charge in [-0.2, -0.15) is 5.10 Å². The van der Waals surface area contributed by atoms with Gasteiger partial charge in [0.1, 0.15) is 0 Å². The van der Waals surface area contributed by atoms with Crippen LogP contribution >= 0.6 is 27.7 Å². The van der Waals surface area contributed by atoms with Crippen molar-refractivity contribution in [2.24, 2.45) is 10.1 Å². The number of thioether (sulfide) groups is 1. The summed E-state index contributed by atoms with van der Waals surface area (Å²) in [7, 11) is 0. The SMILES string of the molecule is BrC1CCCC2N=C(NN=Cc3ccccc3)SC12. The summed E-state index contributed by atoms with van der Waals surface area (Å²) in [5.74, 6) is 0. The third-order valence-corrected chi connectivity index (χ3v) is 6.13. The minimum atomic E-state index is 0.456. The van der Waals surface area contributed by atoms with E-state index in [1.54, 1.807) is 0 Å². The smallest absolute Gasteiger partial charge is 0.177 e. The van der Waals surface area contributed by atoms with E-state index in [-0.39, 0.29) is 0 Å². The van der Waals surface area contributed by atoms with Gasteiger partial charge in [-0.15, -0.1) is 0 Å². The summed E-state index contributed by atoms with van der Waals surface area (Å²) in [6, 6.07) is 10.5. The van der Waals surface area contributed by atoms with E-state index in [9.17, 15) is 0 Å². The molecule has 0 saturated heterocycles. The summed E-state index contributed by atoms with van der Waals surface area (Å²) in [4.78, 5) is 5.30. The third kappa shape index (κ3) is 3.20. The Bertz CT molecular complexity index is 489. The first-order valence-corrected chi connectivity index (χ1v) is 8.35. The van der Waals surface area contributed by atoms with Crippen LogP contribution < -0.4 is 5.43 Å². The maximum Gasteiger partial charge on any atom is 0.177 e. The number of aliphatic imine (C=N–C) groups is 1. The van der Waals surface area contributed by atoms with Gasteiger partial charge < -0.3 is 0 Å². The fraction of sp³-hybridized carbons (Fsp3) is 0.429. The summed E-state index contributed by atoms with van der Waals surface area (Å²) in [5.41, 5.74) is 4.16. The molecule has 1 aromatic carbocycles. The van der Waals surface area contributed by atoms with Crippen molar-refractivity contribution >= 4 is 39.1 Å². The molecule has 3 nitrogen and oxygen atoms in total. The molecule has 1 heterocycles. The second-order valence-corrected chi connectivity index (χ2v) is 7.15.